The first kappa shape index (κ1) is 30.9. The number of para-hydroxylation sites is 1. The lowest BCUT2D eigenvalue weighted by Crippen LogP contribution is -1.99. The van der Waals surface area contributed by atoms with Crippen LogP contribution in [0.4, 0.5) is 0 Å². The van der Waals surface area contributed by atoms with Crippen molar-refractivity contribution in [3.8, 4) is 27.9 Å². The van der Waals surface area contributed by atoms with Crippen LogP contribution in [-0.4, -0.2) is 4.57 Å². The van der Waals surface area contributed by atoms with Crippen LogP contribution >= 0.6 is 0 Å². The lowest BCUT2D eigenvalue weighted by Gasteiger charge is -2.18. The molecule has 0 radical (unpaired) electrons. The summed E-state index contributed by atoms with van der Waals surface area (Å²) in [4.78, 5) is 0. The minimum absolute atomic E-state index is 0.930. The van der Waals surface area contributed by atoms with Crippen LogP contribution in [0.1, 0.15) is 18.2 Å². The monoisotopic (exact) mass is 642 g/mol. The average molecular weight is 643 g/mol. The molecule has 0 atom stereocenters. The Hall–Kier alpha value is -6.38. The third-order valence-corrected chi connectivity index (χ3v) is 9.91. The van der Waals surface area contributed by atoms with Crippen LogP contribution in [0.2, 0.25) is 0 Å². The first-order valence-corrected chi connectivity index (χ1v) is 17.1. The van der Waals surface area contributed by atoms with Crippen molar-refractivity contribution in [2.45, 2.75) is 13.8 Å². The lowest BCUT2D eigenvalue weighted by atomic mass is 9.85. The van der Waals surface area contributed by atoms with E-state index in [1.165, 1.54) is 71.0 Å². The number of allylic oxidation sites excluding steroid dienone is 5. The highest BCUT2D eigenvalue weighted by molar-refractivity contribution is 6.22. The van der Waals surface area contributed by atoms with Crippen LogP contribution in [0.15, 0.2) is 182 Å². The van der Waals surface area contributed by atoms with Gasteiger partial charge >= 0.3 is 0 Å². The van der Waals surface area contributed by atoms with Gasteiger partial charge < -0.3 is 10.3 Å². The normalized spacial score (nSPS) is 12.5. The predicted octanol–water partition coefficient (Wildman–Crippen LogP) is 12.7. The van der Waals surface area contributed by atoms with Crippen LogP contribution < -0.4 is 5.73 Å². The molecule has 1 heterocycles. The number of benzene rings is 7. The van der Waals surface area contributed by atoms with Gasteiger partial charge in [0.1, 0.15) is 0 Å². The first-order chi connectivity index (χ1) is 24.6. The fourth-order valence-corrected chi connectivity index (χ4v) is 7.65. The second kappa shape index (κ2) is 12.9. The van der Waals surface area contributed by atoms with Gasteiger partial charge in [0.05, 0.1) is 11.2 Å². The fraction of sp³-hybridized carbons (Fsp3) is 0.0417. The minimum atomic E-state index is 0.930. The van der Waals surface area contributed by atoms with Gasteiger partial charge in [0.25, 0.3) is 0 Å². The van der Waals surface area contributed by atoms with Crippen molar-refractivity contribution < 1.29 is 0 Å². The van der Waals surface area contributed by atoms with E-state index in [9.17, 15) is 0 Å². The highest BCUT2D eigenvalue weighted by Crippen LogP contribution is 2.45. The Labute approximate surface area is 293 Å². The molecule has 0 aliphatic heterocycles. The molecule has 2 heteroatoms. The Morgan fingerprint density at radius 2 is 1.16 bits per heavy atom. The van der Waals surface area contributed by atoms with Gasteiger partial charge in [-0.3, -0.25) is 0 Å². The van der Waals surface area contributed by atoms with Gasteiger partial charge in [0.2, 0.25) is 0 Å². The molecule has 2 N–H and O–H groups in total. The Bertz CT molecular complexity index is 2610. The van der Waals surface area contributed by atoms with Crippen molar-refractivity contribution in [1.82, 2.24) is 4.57 Å². The molecule has 0 saturated carbocycles. The zero-order valence-electron chi connectivity index (χ0n) is 28.4. The molecule has 2 nitrogen and oxygen atoms in total. The van der Waals surface area contributed by atoms with Gasteiger partial charge in [-0.2, -0.15) is 0 Å². The van der Waals surface area contributed by atoms with E-state index in [0.717, 1.165) is 22.5 Å². The molecule has 0 aliphatic carbocycles. The molecule has 0 saturated heterocycles. The molecule has 240 valence electrons. The van der Waals surface area contributed by atoms with Crippen LogP contribution in [0.25, 0.3) is 77.2 Å². The van der Waals surface area contributed by atoms with Crippen molar-refractivity contribution in [2.24, 2.45) is 5.73 Å². The van der Waals surface area contributed by atoms with Crippen molar-refractivity contribution in [1.29, 1.82) is 0 Å². The van der Waals surface area contributed by atoms with Crippen LogP contribution in [-0.2, 0) is 0 Å². The molecule has 7 aromatic carbocycles. The van der Waals surface area contributed by atoms with E-state index >= 15 is 0 Å². The van der Waals surface area contributed by atoms with E-state index in [1.54, 1.807) is 6.20 Å². The summed E-state index contributed by atoms with van der Waals surface area (Å²) >= 11 is 0. The molecule has 0 spiro atoms. The molecule has 50 heavy (non-hydrogen) atoms. The molecule has 0 amide bonds. The maximum absolute atomic E-state index is 6.09. The maximum atomic E-state index is 6.09. The summed E-state index contributed by atoms with van der Waals surface area (Å²) in [7, 11) is 0. The Morgan fingerprint density at radius 1 is 0.600 bits per heavy atom. The number of nitrogens with two attached hydrogens (primary N) is 1. The van der Waals surface area contributed by atoms with E-state index < -0.39 is 0 Å². The van der Waals surface area contributed by atoms with Gasteiger partial charge in [-0.15, -0.1) is 0 Å². The van der Waals surface area contributed by atoms with Gasteiger partial charge in [0, 0.05) is 22.7 Å². The van der Waals surface area contributed by atoms with Crippen molar-refractivity contribution >= 4 is 49.3 Å². The molecule has 0 aliphatic rings. The SMILES string of the molecule is C=CC(=C\c1c(C)c2ccc3cc(-c4c5ccccc5c(-c5ccccc5)c5ccccc45)ccc3c2n1-c1ccccc1)/C(/C=C\C)=C/N. The van der Waals surface area contributed by atoms with Gasteiger partial charge in [-0.25, -0.2) is 0 Å². The Balaban J connectivity index is 1.42. The van der Waals surface area contributed by atoms with Gasteiger partial charge in [0.15, 0.2) is 0 Å². The molecule has 0 unspecified atom stereocenters. The van der Waals surface area contributed by atoms with Crippen molar-refractivity contribution in [2.75, 3.05) is 0 Å². The summed E-state index contributed by atoms with van der Waals surface area (Å²) in [6.45, 7) is 8.35. The van der Waals surface area contributed by atoms with E-state index in [-0.39, 0.29) is 0 Å². The predicted molar refractivity (Wildman–Crippen MR) is 217 cm³/mol. The Kier molecular flexibility index (Phi) is 7.98. The quantitative estimate of drug-likeness (QED) is 0.136. The number of hydrogen-bond donors (Lipinski definition) is 1. The topological polar surface area (TPSA) is 30.9 Å². The molecular formula is C48H38N2. The lowest BCUT2D eigenvalue weighted by molar-refractivity contribution is 1.10. The highest BCUT2D eigenvalue weighted by atomic mass is 15.0. The molecular weight excluding hydrogens is 605 g/mol. The van der Waals surface area contributed by atoms with Crippen LogP contribution in [0, 0.1) is 6.92 Å². The van der Waals surface area contributed by atoms with Crippen LogP contribution in [0.5, 0.6) is 0 Å². The van der Waals surface area contributed by atoms with E-state index in [2.05, 4.69) is 164 Å². The zero-order valence-corrected chi connectivity index (χ0v) is 28.4. The molecule has 8 rings (SSSR count). The summed E-state index contributed by atoms with van der Waals surface area (Å²) in [5.74, 6) is 0. The first-order valence-electron chi connectivity index (χ1n) is 17.1. The van der Waals surface area contributed by atoms with Crippen LogP contribution in [0.3, 0.4) is 0 Å². The minimum Gasteiger partial charge on any atom is -0.404 e. The van der Waals surface area contributed by atoms with E-state index in [1.807, 2.05) is 25.2 Å². The summed E-state index contributed by atoms with van der Waals surface area (Å²) in [6, 6.07) is 50.6. The molecule has 0 fully saturated rings. The smallest absolute Gasteiger partial charge is 0.0615 e. The maximum Gasteiger partial charge on any atom is 0.0615 e. The Morgan fingerprint density at radius 3 is 1.74 bits per heavy atom. The van der Waals surface area contributed by atoms with Gasteiger partial charge in [-0.1, -0.05) is 146 Å². The third-order valence-electron chi connectivity index (χ3n) is 9.91. The number of aryl methyl sites for hydroxylation is 1. The van der Waals surface area contributed by atoms with Crippen molar-refractivity contribution in [3.05, 3.63) is 193 Å². The largest absolute Gasteiger partial charge is 0.404 e. The molecule has 0 bridgehead atoms. The molecule has 8 aromatic rings. The second-order valence-electron chi connectivity index (χ2n) is 12.7. The number of rotatable bonds is 7. The fourth-order valence-electron chi connectivity index (χ4n) is 7.65. The standard InChI is InChI=1S/C48H38N2/c1-4-16-37(31-49)33(5-2)30-45-32(3)39-27-25-35-29-36(26-28-40(35)48(39)50(45)38-19-10-7-11-20-38)47-43-23-14-12-21-41(43)46(34-17-8-6-9-18-34)42-22-13-15-24-44(42)47/h4-31H,2,49H2,1,3H3/b16-4-,33-30+,37-31+. The summed E-state index contributed by atoms with van der Waals surface area (Å²) in [5, 5.41) is 8.64. The van der Waals surface area contributed by atoms with E-state index in [4.69, 9.17) is 5.73 Å². The summed E-state index contributed by atoms with van der Waals surface area (Å²) < 4.78 is 2.39. The summed E-state index contributed by atoms with van der Waals surface area (Å²) in [5.41, 5.74) is 17.6. The van der Waals surface area contributed by atoms with E-state index in [0.29, 0.717) is 0 Å². The average Bonchev–Trinajstić information content (AvgIpc) is 3.46. The van der Waals surface area contributed by atoms with Crippen molar-refractivity contribution in [3.63, 3.8) is 0 Å². The zero-order chi connectivity index (χ0) is 34.2. The number of fused-ring (bicyclic) bond motifs is 5. The van der Waals surface area contributed by atoms with Gasteiger partial charge in [-0.05, 0) is 104 Å². The second-order valence-corrected chi connectivity index (χ2v) is 12.7. The number of nitrogens with zero attached hydrogens (tertiary/aromatic N) is 1. The third kappa shape index (κ3) is 5.05. The number of hydrogen-bond acceptors (Lipinski definition) is 1. The number of aromatic nitrogens is 1. The summed E-state index contributed by atoms with van der Waals surface area (Å²) in [6.07, 6.45) is 9.76. The molecule has 1 aromatic heterocycles. The highest BCUT2D eigenvalue weighted by Gasteiger charge is 2.20.